The number of pyridine rings is 2. The number of aromatic nitrogens is 2. The summed E-state index contributed by atoms with van der Waals surface area (Å²) in [6, 6.07) is 19.7. The molecule has 1 fully saturated rings. The minimum Gasteiger partial charge on any atom is -0.368 e. The molecule has 5 rings (SSSR count). The Labute approximate surface area is 205 Å². The molecular formula is C28H30N6O. The molecule has 35 heavy (non-hydrogen) atoms. The third-order valence-electron chi connectivity index (χ3n) is 6.45. The standard InChI is InChI=1S/C28H30N6O/c1-19-16-21(10-11-23(19)26-8-4-6-20(2)30-26)31-28(35)32-22-17-24-25(29-18-22)7-5-9-27(24)34-14-12-33(3)13-15-34/h4-11,16-18H,12-15H2,1-3H3,(H2,31,32,35). The summed E-state index contributed by atoms with van der Waals surface area (Å²) in [6.07, 6.45) is 1.70. The van der Waals surface area contributed by atoms with Crippen LogP contribution in [0.5, 0.6) is 0 Å². The van der Waals surface area contributed by atoms with Gasteiger partial charge in [-0.2, -0.15) is 0 Å². The number of likely N-dealkylation sites (N-methyl/N-ethyl adjacent to an activating group) is 1. The lowest BCUT2D eigenvalue weighted by atomic mass is 10.0. The maximum Gasteiger partial charge on any atom is 0.323 e. The molecule has 0 bridgehead atoms. The maximum atomic E-state index is 12.8. The Kier molecular flexibility index (Phi) is 6.33. The number of urea groups is 1. The fourth-order valence-corrected chi connectivity index (χ4v) is 4.54. The summed E-state index contributed by atoms with van der Waals surface area (Å²) in [5.74, 6) is 0. The Bertz CT molecular complexity index is 1380. The lowest BCUT2D eigenvalue weighted by molar-refractivity contribution is 0.262. The monoisotopic (exact) mass is 466 g/mol. The SMILES string of the molecule is Cc1cccc(-c2ccc(NC(=O)Nc3cnc4cccc(N5CCN(C)CC5)c4c3)cc2C)n1. The lowest BCUT2D eigenvalue weighted by Crippen LogP contribution is -2.44. The van der Waals surface area contributed by atoms with Crippen LogP contribution < -0.4 is 15.5 Å². The quantitative estimate of drug-likeness (QED) is 0.426. The highest BCUT2D eigenvalue weighted by molar-refractivity contribution is 6.02. The summed E-state index contributed by atoms with van der Waals surface area (Å²) in [4.78, 5) is 26.7. The Morgan fingerprint density at radius 3 is 2.43 bits per heavy atom. The molecule has 2 amide bonds. The van der Waals surface area contributed by atoms with Gasteiger partial charge in [0.25, 0.3) is 0 Å². The predicted molar refractivity (Wildman–Crippen MR) is 143 cm³/mol. The van der Waals surface area contributed by atoms with Crippen molar-refractivity contribution in [2.45, 2.75) is 13.8 Å². The summed E-state index contributed by atoms with van der Waals surface area (Å²) < 4.78 is 0. The Morgan fingerprint density at radius 2 is 1.66 bits per heavy atom. The molecule has 1 aliphatic rings. The number of anilines is 3. The Balaban J connectivity index is 1.32. The molecule has 2 aromatic heterocycles. The summed E-state index contributed by atoms with van der Waals surface area (Å²) in [6.45, 7) is 8.01. The number of piperazine rings is 1. The van der Waals surface area contributed by atoms with E-state index in [-0.39, 0.29) is 6.03 Å². The lowest BCUT2D eigenvalue weighted by Gasteiger charge is -2.34. The molecule has 3 heterocycles. The van der Waals surface area contributed by atoms with Gasteiger partial charge >= 0.3 is 6.03 Å². The maximum absolute atomic E-state index is 12.8. The van der Waals surface area contributed by atoms with Crippen LogP contribution in [-0.4, -0.2) is 54.1 Å². The summed E-state index contributed by atoms with van der Waals surface area (Å²) in [5, 5.41) is 6.92. The third kappa shape index (κ3) is 5.10. The number of nitrogens with zero attached hydrogens (tertiary/aromatic N) is 4. The molecule has 0 spiro atoms. The number of benzene rings is 2. The van der Waals surface area contributed by atoms with Gasteiger partial charge in [0.15, 0.2) is 0 Å². The number of hydrogen-bond donors (Lipinski definition) is 2. The topological polar surface area (TPSA) is 73.4 Å². The number of hydrogen-bond acceptors (Lipinski definition) is 5. The van der Waals surface area contributed by atoms with Crippen molar-refractivity contribution in [1.29, 1.82) is 0 Å². The molecule has 178 valence electrons. The van der Waals surface area contributed by atoms with E-state index in [0.717, 1.165) is 71.0 Å². The van der Waals surface area contributed by atoms with Crippen LogP contribution in [0, 0.1) is 13.8 Å². The average molecular weight is 467 g/mol. The second-order valence-corrected chi connectivity index (χ2v) is 9.13. The molecule has 7 heteroatoms. The number of carbonyl (C=O) groups is 1. The van der Waals surface area contributed by atoms with E-state index in [2.05, 4.69) is 43.5 Å². The number of aryl methyl sites for hydroxylation is 2. The van der Waals surface area contributed by atoms with Crippen LogP contribution in [0.15, 0.2) is 66.9 Å². The van der Waals surface area contributed by atoms with Crippen LogP contribution in [0.3, 0.4) is 0 Å². The zero-order valence-corrected chi connectivity index (χ0v) is 20.4. The Hall–Kier alpha value is -3.97. The van der Waals surface area contributed by atoms with Gasteiger partial charge in [-0.15, -0.1) is 0 Å². The molecule has 0 radical (unpaired) electrons. The van der Waals surface area contributed by atoms with E-state index >= 15 is 0 Å². The van der Waals surface area contributed by atoms with E-state index in [9.17, 15) is 4.79 Å². The van der Waals surface area contributed by atoms with Crippen molar-refractivity contribution < 1.29 is 4.79 Å². The van der Waals surface area contributed by atoms with Gasteiger partial charge in [0.2, 0.25) is 0 Å². The van der Waals surface area contributed by atoms with Crippen molar-refractivity contribution in [3.05, 3.63) is 78.1 Å². The van der Waals surface area contributed by atoms with Crippen LogP contribution >= 0.6 is 0 Å². The van der Waals surface area contributed by atoms with Gasteiger partial charge in [-0.1, -0.05) is 18.2 Å². The van der Waals surface area contributed by atoms with Crippen LogP contribution in [0.1, 0.15) is 11.3 Å². The zero-order chi connectivity index (χ0) is 24.4. The van der Waals surface area contributed by atoms with E-state index in [1.54, 1.807) is 6.20 Å². The van der Waals surface area contributed by atoms with Crippen LogP contribution in [0.25, 0.3) is 22.2 Å². The molecule has 2 aromatic carbocycles. The van der Waals surface area contributed by atoms with E-state index in [0.29, 0.717) is 5.69 Å². The van der Waals surface area contributed by atoms with Gasteiger partial charge in [0.1, 0.15) is 0 Å². The van der Waals surface area contributed by atoms with Gasteiger partial charge in [0, 0.05) is 54.2 Å². The van der Waals surface area contributed by atoms with Crippen LogP contribution in [-0.2, 0) is 0 Å². The highest BCUT2D eigenvalue weighted by Gasteiger charge is 2.17. The normalized spacial score (nSPS) is 14.2. The number of fused-ring (bicyclic) bond motifs is 1. The van der Waals surface area contributed by atoms with E-state index in [4.69, 9.17) is 0 Å². The summed E-state index contributed by atoms with van der Waals surface area (Å²) >= 11 is 0. The number of rotatable bonds is 4. The molecule has 1 saturated heterocycles. The first-order valence-corrected chi connectivity index (χ1v) is 11.9. The first-order chi connectivity index (χ1) is 17.0. The van der Waals surface area contributed by atoms with Crippen LogP contribution in [0.4, 0.5) is 21.9 Å². The van der Waals surface area contributed by atoms with Gasteiger partial charge in [-0.25, -0.2) is 4.79 Å². The van der Waals surface area contributed by atoms with E-state index in [1.807, 2.05) is 68.4 Å². The van der Waals surface area contributed by atoms with E-state index in [1.165, 1.54) is 0 Å². The zero-order valence-electron chi connectivity index (χ0n) is 20.4. The van der Waals surface area contributed by atoms with Crippen molar-refractivity contribution in [3.63, 3.8) is 0 Å². The second kappa shape index (κ2) is 9.72. The second-order valence-electron chi connectivity index (χ2n) is 9.13. The fraction of sp³-hybridized carbons (Fsp3) is 0.250. The summed E-state index contributed by atoms with van der Waals surface area (Å²) in [7, 11) is 2.15. The molecule has 0 unspecified atom stereocenters. The van der Waals surface area contributed by atoms with Gasteiger partial charge in [-0.05, 0) is 68.9 Å². The highest BCUT2D eigenvalue weighted by Crippen LogP contribution is 2.29. The molecule has 0 atom stereocenters. The van der Waals surface area contributed by atoms with Gasteiger partial charge in [0.05, 0.1) is 23.1 Å². The molecule has 1 aliphatic heterocycles. The summed E-state index contributed by atoms with van der Waals surface area (Å²) in [5.41, 5.74) is 7.46. The van der Waals surface area contributed by atoms with Crippen molar-refractivity contribution in [3.8, 4) is 11.3 Å². The number of nitrogens with one attached hydrogen (secondary N) is 2. The molecule has 0 aliphatic carbocycles. The smallest absolute Gasteiger partial charge is 0.323 e. The third-order valence-corrected chi connectivity index (χ3v) is 6.45. The van der Waals surface area contributed by atoms with Crippen molar-refractivity contribution in [2.75, 3.05) is 48.8 Å². The minimum atomic E-state index is -0.302. The largest absolute Gasteiger partial charge is 0.368 e. The molecule has 4 aromatic rings. The van der Waals surface area contributed by atoms with Crippen molar-refractivity contribution in [1.82, 2.24) is 14.9 Å². The van der Waals surface area contributed by atoms with Crippen molar-refractivity contribution in [2.24, 2.45) is 0 Å². The Morgan fingerprint density at radius 1 is 0.886 bits per heavy atom. The van der Waals surface area contributed by atoms with E-state index < -0.39 is 0 Å². The molecular weight excluding hydrogens is 436 g/mol. The van der Waals surface area contributed by atoms with Crippen LogP contribution in [0.2, 0.25) is 0 Å². The first-order valence-electron chi connectivity index (χ1n) is 11.9. The molecule has 7 nitrogen and oxygen atoms in total. The number of carbonyl (C=O) groups excluding carboxylic acids is 1. The molecule has 2 N–H and O–H groups in total. The van der Waals surface area contributed by atoms with Gasteiger partial charge in [-0.3, -0.25) is 9.97 Å². The van der Waals surface area contributed by atoms with Gasteiger partial charge < -0.3 is 20.4 Å². The number of amides is 2. The van der Waals surface area contributed by atoms with Crippen molar-refractivity contribution >= 4 is 34.0 Å². The first kappa shape index (κ1) is 22.8. The predicted octanol–water partition coefficient (Wildman–Crippen LogP) is 5.31. The highest BCUT2D eigenvalue weighted by atomic mass is 16.2. The average Bonchev–Trinajstić information content (AvgIpc) is 2.84. The minimum absolute atomic E-state index is 0.302. The fourth-order valence-electron chi connectivity index (χ4n) is 4.54. The molecule has 0 saturated carbocycles.